The molecule has 0 spiro atoms. The third-order valence-corrected chi connectivity index (χ3v) is 6.45. The number of phosphoric ester groups is 1. The lowest BCUT2D eigenvalue weighted by molar-refractivity contribution is 0.283. The van der Waals surface area contributed by atoms with Crippen LogP contribution in [0.2, 0.25) is 0 Å². The van der Waals surface area contributed by atoms with Crippen LogP contribution in [0.4, 0.5) is 0 Å². The van der Waals surface area contributed by atoms with Gasteiger partial charge in [-0.25, -0.2) is 4.57 Å². The van der Waals surface area contributed by atoms with Crippen LogP contribution >= 0.6 is 7.82 Å². The molecule has 1 aliphatic carbocycles. The van der Waals surface area contributed by atoms with Gasteiger partial charge in [0.2, 0.25) is 0 Å². The second kappa shape index (κ2) is 8.72. The summed E-state index contributed by atoms with van der Waals surface area (Å²) in [4.78, 5) is 35.1. The first kappa shape index (κ1) is 22.3. The van der Waals surface area contributed by atoms with E-state index in [4.69, 9.17) is 14.9 Å². The first-order valence-electron chi connectivity index (χ1n) is 11.1. The molecule has 3 N–H and O–H groups in total. The number of phosphoric acid groups is 1. The van der Waals surface area contributed by atoms with E-state index in [-0.39, 0.29) is 11.3 Å². The molecule has 2 heterocycles. The molecule has 0 radical (unpaired) electrons. The molecule has 5 rings (SSSR count). The Balaban J connectivity index is 1.70. The lowest BCUT2D eigenvalue weighted by Crippen LogP contribution is -2.19. The fraction of sp³-hybridized carbons (Fsp3) is 0.200. The SMILES string of the molecule is Cc1[nH]c2c(C3=CCCCC3)c(-c3ccccc3)nn2c(=O)c1-c1ccc(OP(=O)(O)O)cc1. The Bertz CT molecular complexity index is 1500. The Morgan fingerprint density at radius 3 is 2.38 bits per heavy atom. The zero-order valence-corrected chi connectivity index (χ0v) is 19.5. The number of aromatic nitrogens is 3. The summed E-state index contributed by atoms with van der Waals surface area (Å²) in [6, 6.07) is 15.9. The minimum Gasteiger partial charge on any atom is -0.404 e. The fourth-order valence-corrected chi connectivity index (χ4v) is 4.91. The van der Waals surface area contributed by atoms with Crippen LogP contribution in [-0.4, -0.2) is 24.4 Å². The van der Waals surface area contributed by atoms with E-state index in [1.807, 2.05) is 37.3 Å². The molecule has 0 saturated heterocycles. The Morgan fingerprint density at radius 1 is 1.00 bits per heavy atom. The molecule has 1 aliphatic rings. The van der Waals surface area contributed by atoms with Gasteiger partial charge in [-0.15, -0.1) is 0 Å². The Hall–Kier alpha value is -3.45. The van der Waals surface area contributed by atoms with E-state index in [0.29, 0.717) is 22.5 Å². The number of nitrogens with zero attached hydrogens (tertiary/aromatic N) is 2. The standard InChI is InChI=1S/C25H24N3O5P/c1-16-21(18-12-14-20(15-13-18)33-34(30,31)32)25(29)28-24(26-16)22(17-8-4-2-5-9-17)23(27-28)19-10-6-3-7-11-19/h3,6-8,10-15,26H,2,4-5,9H2,1H3,(H2,30,31,32). The van der Waals surface area contributed by atoms with Crippen molar-refractivity contribution < 1.29 is 18.9 Å². The molecule has 0 unspecified atom stereocenters. The van der Waals surface area contributed by atoms with E-state index < -0.39 is 7.82 Å². The Morgan fingerprint density at radius 2 is 1.74 bits per heavy atom. The molecule has 0 amide bonds. The summed E-state index contributed by atoms with van der Waals surface area (Å²) in [5.41, 5.74) is 5.97. The molecule has 4 aromatic rings. The molecule has 34 heavy (non-hydrogen) atoms. The highest BCUT2D eigenvalue weighted by atomic mass is 31.2. The molecule has 174 valence electrons. The van der Waals surface area contributed by atoms with Gasteiger partial charge >= 0.3 is 7.82 Å². The minimum atomic E-state index is -4.66. The molecule has 0 fully saturated rings. The number of aromatic amines is 1. The van der Waals surface area contributed by atoms with Gasteiger partial charge in [0, 0.05) is 16.8 Å². The van der Waals surface area contributed by atoms with Crippen LogP contribution in [0.15, 0.2) is 65.5 Å². The number of aryl methyl sites for hydroxylation is 1. The molecule has 0 bridgehead atoms. The van der Waals surface area contributed by atoms with Crippen molar-refractivity contribution in [3.05, 3.63) is 82.3 Å². The van der Waals surface area contributed by atoms with Crippen LogP contribution < -0.4 is 10.1 Å². The summed E-state index contributed by atoms with van der Waals surface area (Å²) in [6.45, 7) is 1.84. The highest BCUT2D eigenvalue weighted by Gasteiger charge is 2.23. The number of nitrogens with one attached hydrogen (secondary N) is 1. The van der Waals surface area contributed by atoms with Gasteiger partial charge in [0.1, 0.15) is 17.1 Å². The minimum absolute atomic E-state index is 0.0178. The molecule has 0 atom stereocenters. The number of benzene rings is 2. The summed E-state index contributed by atoms with van der Waals surface area (Å²) in [5, 5.41) is 4.76. The van der Waals surface area contributed by atoms with Crippen LogP contribution in [-0.2, 0) is 4.57 Å². The first-order chi connectivity index (χ1) is 16.3. The Labute approximate surface area is 195 Å². The molecule has 9 heteroatoms. The molecule has 0 saturated carbocycles. The second-order valence-electron chi connectivity index (χ2n) is 8.36. The van der Waals surface area contributed by atoms with Gasteiger partial charge in [-0.05, 0) is 55.9 Å². The highest BCUT2D eigenvalue weighted by molar-refractivity contribution is 7.46. The van der Waals surface area contributed by atoms with Gasteiger partial charge in [0.25, 0.3) is 5.56 Å². The van der Waals surface area contributed by atoms with Crippen molar-refractivity contribution in [2.24, 2.45) is 0 Å². The third kappa shape index (κ3) is 4.23. The van der Waals surface area contributed by atoms with E-state index in [1.165, 1.54) is 22.2 Å². The maximum absolute atomic E-state index is 13.6. The van der Waals surface area contributed by atoms with Crippen LogP contribution in [0.25, 0.3) is 33.6 Å². The Kier molecular flexibility index (Phi) is 5.73. The lowest BCUT2D eigenvalue weighted by Gasteiger charge is -2.14. The van der Waals surface area contributed by atoms with Crippen molar-refractivity contribution in [3.63, 3.8) is 0 Å². The van der Waals surface area contributed by atoms with Crippen LogP contribution in [0.5, 0.6) is 5.75 Å². The highest BCUT2D eigenvalue weighted by Crippen LogP contribution is 2.39. The normalized spacial score (nSPS) is 14.3. The number of allylic oxidation sites excluding steroid dienone is 2. The summed E-state index contributed by atoms with van der Waals surface area (Å²) in [7, 11) is -4.66. The number of hydrogen-bond donors (Lipinski definition) is 3. The smallest absolute Gasteiger partial charge is 0.404 e. The van der Waals surface area contributed by atoms with Gasteiger partial charge in [0.05, 0.1) is 5.56 Å². The summed E-state index contributed by atoms with van der Waals surface area (Å²) < 4.78 is 17.1. The quantitative estimate of drug-likeness (QED) is 0.345. The number of H-pyrrole nitrogens is 1. The summed E-state index contributed by atoms with van der Waals surface area (Å²) >= 11 is 0. The van der Waals surface area contributed by atoms with Crippen molar-refractivity contribution >= 4 is 19.0 Å². The molecule has 2 aromatic carbocycles. The third-order valence-electron chi connectivity index (χ3n) is 6.00. The fourth-order valence-electron chi connectivity index (χ4n) is 4.51. The largest absolute Gasteiger partial charge is 0.524 e. The van der Waals surface area contributed by atoms with E-state index in [2.05, 4.69) is 15.6 Å². The van der Waals surface area contributed by atoms with Crippen molar-refractivity contribution in [2.75, 3.05) is 0 Å². The molecule has 0 aliphatic heterocycles. The van der Waals surface area contributed by atoms with Crippen LogP contribution in [0.3, 0.4) is 0 Å². The zero-order chi connectivity index (χ0) is 23.9. The van der Waals surface area contributed by atoms with Gasteiger partial charge in [0.15, 0.2) is 0 Å². The second-order valence-corrected chi connectivity index (χ2v) is 9.53. The van der Waals surface area contributed by atoms with E-state index >= 15 is 0 Å². The summed E-state index contributed by atoms with van der Waals surface area (Å²) in [5.74, 6) is 0.0178. The number of fused-ring (bicyclic) bond motifs is 1. The molecule has 8 nitrogen and oxygen atoms in total. The van der Waals surface area contributed by atoms with Gasteiger partial charge in [-0.1, -0.05) is 48.5 Å². The van der Waals surface area contributed by atoms with Crippen molar-refractivity contribution in [1.82, 2.24) is 14.6 Å². The maximum Gasteiger partial charge on any atom is 0.524 e. The van der Waals surface area contributed by atoms with Crippen LogP contribution in [0.1, 0.15) is 36.9 Å². The van der Waals surface area contributed by atoms with Gasteiger partial charge < -0.3 is 9.51 Å². The van der Waals surface area contributed by atoms with Crippen molar-refractivity contribution in [1.29, 1.82) is 0 Å². The van der Waals surface area contributed by atoms with Crippen LogP contribution in [0, 0.1) is 6.92 Å². The van der Waals surface area contributed by atoms with Crippen molar-refractivity contribution in [2.45, 2.75) is 32.6 Å². The van der Waals surface area contributed by atoms with E-state index in [1.54, 1.807) is 12.1 Å². The first-order valence-corrected chi connectivity index (χ1v) is 12.6. The number of rotatable bonds is 5. The van der Waals surface area contributed by atoms with E-state index in [9.17, 15) is 9.36 Å². The predicted octanol–water partition coefficient (Wildman–Crippen LogP) is 5.09. The zero-order valence-electron chi connectivity index (χ0n) is 18.6. The van der Waals surface area contributed by atoms with Gasteiger partial charge in [-0.3, -0.25) is 14.6 Å². The predicted molar refractivity (Wildman–Crippen MR) is 131 cm³/mol. The molecular formula is C25H24N3O5P. The molecule has 2 aromatic heterocycles. The lowest BCUT2D eigenvalue weighted by atomic mass is 9.92. The number of hydrogen-bond acceptors (Lipinski definition) is 4. The van der Waals surface area contributed by atoms with Gasteiger partial charge in [-0.2, -0.15) is 9.61 Å². The monoisotopic (exact) mass is 477 g/mol. The maximum atomic E-state index is 13.6. The molecular weight excluding hydrogens is 453 g/mol. The average molecular weight is 477 g/mol. The topological polar surface area (TPSA) is 117 Å². The average Bonchev–Trinajstić information content (AvgIpc) is 3.20. The summed E-state index contributed by atoms with van der Waals surface area (Å²) in [6.07, 6.45) is 6.44. The van der Waals surface area contributed by atoms with E-state index in [0.717, 1.165) is 42.5 Å². The van der Waals surface area contributed by atoms with Crippen molar-refractivity contribution in [3.8, 4) is 28.1 Å².